The zero-order valence-corrected chi connectivity index (χ0v) is 13.6. The Kier molecular flexibility index (Phi) is 6.45. The molecule has 0 aliphatic carbocycles. The lowest BCUT2D eigenvalue weighted by atomic mass is 9.88. The summed E-state index contributed by atoms with van der Waals surface area (Å²) < 4.78 is 5.46. The predicted octanol–water partition coefficient (Wildman–Crippen LogP) is 0.993. The lowest BCUT2D eigenvalue weighted by Gasteiger charge is -2.42. The Hall–Kier alpha value is -0.650. The van der Waals surface area contributed by atoms with Crippen LogP contribution in [0.15, 0.2) is 0 Å². The minimum atomic E-state index is 0.0721. The van der Waals surface area contributed by atoms with Crippen molar-refractivity contribution in [1.82, 2.24) is 15.5 Å². The first kappa shape index (κ1) is 16.7. The molecular weight excluding hydrogens is 266 g/mol. The van der Waals surface area contributed by atoms with E-state index in [0.717, 1.165) is 58.0 Å². The fourth-order valence-electron chi connectivity index (χ4n) is 3.39. The molecule has 0 radical (unpaired) electrons. The van der Waals surface area contributed by atoms with Crippen molar-refractivity contribution < 1.29 is 9.53 Å². The first-order chi connectivity index (χ1) is 10.1. The minimum absolute atomic E-state index is 0.0721. The lowest BCUT2D eigenvalue weighted by Crippen LogP contribution is -2.55. The van der Waals surface area contributed by atoms with Crippen LogP contribution >= 0.6 is 0 Å². The maximum Gasteiger partial charge on any atom is 0.220 e. The number of hydrogen-bond donors (Lipinski definition) is 2. The van der Waals surface area contributed by atoms with Crippen LogP contribution < -0.4 is 10.6 Å². The first-order valence-electron chi connectivity index (χ1n) is 8.35. The van der Waals surface area contributed by atoms with Gasteiger partial charge in [-0.25, -0.2) is 0 Å². The van der Waals surface area contributed by atoms with E-state index in [1.165, 1.54) is 12.8 Å². The molecule has 0 saturated carbocycles. The van der Waals surface area contributed by atoms with Gasteiger partial charge in [0.1, 0.15) is 0 Å². The number of carbonyl (C=O) groups is 1. The number of rotatable bonds is 6. The second-order valence-electron chi connectivity index (χ2n) is 6.74. The average Bonchev–Trinajstić information content (AvgIpc) is 2.52. The molecule has 0 aromatic carbocycles. The highest BCUT2D eigenvalue weighted by Crippen LogP contribution is 2.25. The summed E-state index contributed by atoms with van der Waals surface area (Å²) in [7, 11) is 4.21. The monoisotopic (exact) mass is 297 g/mol. The Morgan fingerprint density at radius 3 is 2.57 bits per heavy atom. The van der Waals surface area contributed by atoms with E-state index in [9.17, 15) is 4.79 Å². The normalized spacial score (nSPS) is 23.2. The molecule has 2 N–H and O–H groups in total. The number of nitrogens with one attached hydrogen (secondary N) is 2. The quantitative estimate of drug-likeness (QED) is 0.768. The van der Waals surface area contributed by atoms with E-state index < -0.39 is 0 Å². The van der Waals surface area contributed by atoms with Gasteiger partial charge in [-0.3, -0.25) is 4.79 Å². The zero-order chi connectivity index (χ0) is 15.1. The maximum atomic E-state index is 12.1. The number of hydrogen-bond acceptors (Lipinski definition) is 4. The molecule has 1 amide bonds. The number of carbonyl (C=O) groups excluding carboxylic acids is 1. The molecule has 2 fully saturated rings. The van der Waals surface area contributed by atoms with E-state index >= 15 is 0 Å². The molecule has 0 aromatic heterocycles. The van der Waals surface area contributed by atoms with Crippen molar-refractivity contribution in [2.24, 2.45) is 5.92 Å². The second kappa shape index (κ2) is 8.11. The molecular formula is C16H31N3O2. The molecule has 21 heavy (non-hydrogen) atoms. The predicted molar refractivity (Wildman–Crippen MR) is 84.3 cm³/mol. The molecule has 0 atom stereocenters. The molecule has 2 aliphatic heterocycles. The van der Waals surface area contributed by atoms with Crippen molar-refractivity contribution in [2.45, 2.75) is 44.1 Å². The molecule has 2 rings (SSSR count). The molecule has 122 valence electrons. The SMILES string of the molecule is CN(C)C1(CNC(=O)CCC2CCNCC2)CCOCC1. The zero-order valence-electron chi connectivity index (χ0n) is 13.6. The lowest BCUT2D eigenvalue weighted by molar-refractivity contribution is -0.122. The summed E-state index contributed by atoms with van der Waals surface area (Å²) in [6.45, 7) is 4.55. The number of nitrogens with zero attached hydrogens (tertiary/aromatic N) is 1. The van der Waals surface area contributed by atoms with Gasteiger partial charge in [0.25, 0.3) is 0 Å². The second-order valence-corrected chi connectivity index (χ2v) is 6.74. The third-order valence-corrected chi connectivity index (χ3v) is 5.23. The molecule has 5 heteroatoms. The first-order valence-corrected chi connectivity index (χ1v) is 8.35. The Morgan fingerprint density at radius 1 is 1.29 bits per heavy atom. The maximum absolute atomic E-state index is 12.1. The summed E-state index contributed by atoms with van der Waals surface area (Å²) in [6.07, 6.45) is 6.12. The molecule has 0 spiro atoms. The standard InChI is InChI=1S/C16H31N3O2/c1-19(2)16(7-11-21-12-8-16)13-18-15(20)4-3-14-5-9-17-10-6-14/h14,17H,3-13H2,1-2H3,(H,18,20). The van der Waals surface area contributed by atoms with Crippen molar-refractivity contribution in [3.63, 3.8) is 0 Å². The van der Waals surface area contributed by atoms with Crippen LogP contribution in [0.2, 0.25) is 0 Å². The number of ether oxygens (including phenoxy) is 1. The number of likely N-dealkylation sites (N-methyl/N-ethyl adjacent to an activating group) is 1. The van der Waals surface area contributed by atoms with Gasteiger partial charge in [-0.1, -0.05) is 0 Å². The highest BCUT2D eigenvalue weighted by atomic mass is 16.5. The molecule has 2 aliphatic rings. The summed E-state index contributed by atoms with van der Waals surface area (Å²) in [6, 6.07) is 0. The summed E-state index contributed by atoms with van der Waals surface area (Å²) >= 11 is 0. The van der Waals surface area contributed by atoms with E-state index in [-0.39, 0.29) is 11.4 Å². The van der Waals surface area contributed by atoms with Gasteiger partial charge in [-0.05, 0) is 65.2 Å². The van der Waals surface area contributed by atoms with E-state index in [4.69, 9.17) is 4.74 Å². The van der Waals surface area contributed by atoms with Crippen LogP contribution in [0.25, 0.3) is 0 Å². The number of piperidine rings is 1. The van der Waals surface area contributed by atoms with Crippen molar-refractivity contribution in [3.05, 3.63) is 0 Å². The Bertz CT molecular complexity index is 321. The van der Waals surface area contributed by atoms with Gasteiger partial charge in [-0.2, -0.15) is 0 Å². The van der Waals surface area contributed by atoms with Crippen LogP contribution in [0.3, 0.4) is 0 Å². The summed E-state index contributed by atoms with van der Waals surface area (Å²) in [5.41, 5.74) is 0.0721. The van der Waals surface area contributed by atoms with Crippen molar-refractivity contribution in [2.75, 3.05) is 46.9 Å². The van der Waals surface area contributed by atoms with Crippen LogP contribution in [0.1, 0.15) is 38.5 Å². The fraction of sp³-hybridized carbons (Fsp3) is 0.938. The Labute approximate surface area is 128 Å². The van der Waals surface area contributed by atoms with Crippen LogP contribution in [0.4, 0.5) is 0 Å². The Morgan fingerprint density at radius 2 is 1.95 bits per heavy atom. The molecule has 0 unspecified atom stereocenters. The third-order valence-electron chi connectivity index (χ3n) is 5.23. The largest absolute Gasteiger partial charge is 0.381 e. The van der Waals surface area contributed by atoms with Gasteiger partial charge >= 0.3 is 0 Å². The molecule has 0 bridgehead atoms. The highest BCUT2D eigenvalue weighted by Gasteiger charge is 2.35. The smallest absolute Gasteiger partial charge is 0.220 e. The summed E-state index contributed by atoms with van der Waals surface area (Å²) in [5, 5.41) is 6.53. The number of amides is 1. The van der Waals surface area contributed by atoms with E-state index in [0.29, 0.717) is 6.42 Å². The summed E-state index contributed by atoms with van der Waals surface area (Å²) in [5.74, 6) is 0.934. The van der Waals surface area contributed by atoms with Crippen molar-refractivity contribution >= 4 is 5.91 Å². The topological polar surface area (TPSA) is 53.6 Å². The molecule has 2 heterocycles. The molecule has 5 nitrogen and oxygen atoms in total. The summed E-state index contributed by atoms with van der Waals surface area (Å²) in [4.78, 5) is 14.4. The van der Waals surface area contributed by atoms with E-state index in [1.807, 2.05) is 0 Å². The fourth-order valence-corrected chi connectivity index (χ4v) is 3.39. The van der Waals surface area contributed by atoms with Gasteiger partial charge in [0.2, 0.25) is 5.91 Å². The highest BCUT2D eigenvalue weighted by molar-refractivity contribution is 5.75. The molecule has 0 aromatic rings. The average molecular weight is 297 g/mol. The Balaban J connectivity index is 1.71. The van der Waals surface area contributed by atoms with Crippen LogP contribution in [-0.4, -0.2) is 63.3 Å². The minimum Gasteiger partial charge on any atom is -0.381 e. The van der Waals surface area contributed by atoms with E-state index in [2.05, 4.69) is 29.6 Å². The van der Waals surface area contributed by atoms with Crippen LogP contribution in [0.5, 0.6) is 0 Å². The van der Waals surface area contributed by atoms with Crippen LogP contribution in [-0.2, 0) is 9.53 Å². The van der Waals surface area contributed by atoms with Gasteiger partial charge in [0.15, 0.2) is 0 Å². The van der Waals surface area contributed by atoms with Crippen LogP contribution in [0, 0.1) is 5.92 Å². The molecule has 2 saturated heterocycles. The van der Waals surface area contributed by atoms with Gasteiger partial charge in [0.05, 0.1) is 0 Å². The van der Waals surface area contributed by atoms with Gasteiger partial charge in [-0.15, -0.1) is 0 Å². The van der Waals surface area contributed by atoms with Gasteiger partial charge in [0, 0.05) is 31.7 Å². The third kappa shape index (κ3) is 4.94. The van der Waals surface area contributed by atoms with Crippen molar-refractivity contribution in [3.8, 4) is 0 Å². The van der Waals surface area contributed by atoms with Gasteiger partial charge < -0.3 is 20.3 Å². The van der Waals surface area contributed by atoms with E-state index in [1.54, 1.807) is 0 Å². The van der Waals surface area contributed by atoms with Crippen molar-refractivity contribution in [1.29, 1.82) is 0 Å².